The predicted molar refractivity (Wildman–Crippen MR) is 81.0 cm³/mol. The van der Waals surface area contributed by atoms with Gasteiger partial charge in [0.2, 0.25) is 0 Å². The molecule has 1 aliphatic rings. The van der Waals surface area contributed by atoms with Crippen molar-refractivity contribution in [1.82, 2.24) is 4.90 Å². The summed E-state index contributed by atoms with van der Waals surface area (Å²) < 4.78 is 10.9. The van der Waals surface area contributed by atoms with Gasteiger partial charge in [-0.15, -0.1) is 0 Å². The highest BCUT2D eigenvalue weighted by molar-refractivity contribution is 5.29. The van der Waals surface area contributed by atoms with Crippen molar-refractivity contribution < 1.29 is 9.47 Å². The first-order valence-electron chi connectivity index (χ1n) is 7.20. The Morgan fingerprint density at radius 1 is 1.30 bits per heavy atom. The molecule has 1 aromatic carbocycles. The fourth-order valence-electron chi connectivity index (χ4n) is 2.73. The third-order valence-corrected chi connectivity index (χ3v) is 4.05. The second-order valence-corrected chi connectivity index (χ2v) is 6.12. The van der Waals surface area contributed by atoms with Crippen LogP contribution in [-0.2, 0) is 4.74 Å². The molecule has 2 N–H and O–H groups in total. The number of nitrogens with zero attached hydrogens (tertiary/aromatic N) is 1. The molecule has 1 saturated heterocycles. The summed E-state index contributed by atoms with van der Waals surface area (Å²) in [5.74, 6) is 0.862. The maximum Gasteiger partial charge on any atom is 0.118 e. The number of hydrogen-bond acceptors (Lipinski definition) is 4. The highest BCUT2D eigenvalue weighted by Gasteiger charge is 2.32. The van der Waals surface area contributed by atoms with E-state index >= 15 is 0 Å². The third kappa shape index (κ3) is 3.51. The number of rotatable bonds is 4. The highest BCUT2D eigenvalue weighted by atomic mass is 16.5. The molecule has 0 bridgehead atoms. The van der Waals surface area contributed by atoms with Crippen LogP contribution < -0.4 is 10.5 Å². The van der Waals surface area contributed by atoms with Crippen LogP contribution >= 0.6 is 0 Å². The molecule has 112 valence electrons. The molecule has 0 aliphatic carbocycles. The maximum absolute atomic E-state index is 6.43. The molecule has 0 amide bonds. The minimum absolute atomic E-state index is 0.00481. The molecule has 2 rings (SSSR count). The molecule has 2 unspecified atom stereocenters. The van der Waals surface area contributed by atoms with E-state index in [1.165, 1.54) is 0 Å². The summed E-state index contributed by atoms with van der Waals surface area (Å²) in [4.78, 5) is 2.42. The lowest BCUT2D eigenvalue weighted by Gasteiger charge is -2.42. The Bertz CT molecular complexity index is 431. The molecular weight excluding hydrogens is 252 g/mol. The summed E-state index contributed by atoms with van der Waals surface area (Å²) in [6, 6.07) is 8.30. The standard InChI is InChI=1S/C16H26N2O2/c1-12(18-9-10-20-16(2,3)11-18)15(17)13-5-7-14(19-4)8-6-13/h5-8,12,15H,9-11,17H2,1-4H3. The molecule has 1 fully saturated rings. The van der Waals surface area contributed by atoms with Crippen molar-refractivity contribution in [3.63, 3.8) is 0 Å². The van der Waals surface area contributed by atoms with Crippen LogP contribution in [0.2, 0.25) is 0 Å². The van der Waals surface area contributed by atoms with Gasteiger partial charge in [-0.25, -0.2) is 0 Å². The van der Waals surface area contributed by atoms with Crippen LogP contribution in [0.15, 0.2) is 24.3 Å². The fourth-order valence-corrected chi connectivity index (χ4v) is 2.73. The number of benzene rings is 1. The first kappa shape index (κ1) is 15.3. The smallest absolute Gasteiger partial charge is 0.118 e. The summed E-state index contributed by atoms with van der Waals surface area (Å²) in [5, 5.41) is 0. The number of morpholine rings is 1. The minimum Gasteiger partial charge on any atom is -0.497 e. The summed E-state index contributed by atoms with van der Waals surface area (Å²) >= 11 is 0. The topological polar surface area (TPSA) is 47.7 Å². The van der Waals surface area contributed by atoms with Gasteiger partial charge >= 0.3 is 0 Å². The molecule has 0 aromatic heterocycles. The van der Waals surface area contributed by atoms with E-state index in [2.05, 4.69) is 25.7 Å². The quantitative estimate of drug-likeness (QED) is 0.917. The molecule has 4 heteroatoms. The molecule has 1 aliphatic heterocycles. The van der Waals surface area contributed by atoms with Gasteiger partial charge in [0, 0.05) is 25.2 Å². The van der Waals surface area contributed by atoms with Crippen molar-refractivity contribution in [2.75, 3.05) is 26.8 Å². The monoisotopic (exact) mass is 278 g/mol. The zero-order valence-corrected chi connectivity index (χ0v) is 12.9. The van der Waals surface area contributed by atoms with Crippen LogP contribution in [0.1, 0.15) is 32.4 Å². The van der Waals surface area contributed by atoms with E-state index in [1.807, 2.05) is 24.3 Å². The van der Waals surface area contributed by atoms with E-state index < -0.39 is 0 Å². The summed E-state index contributed by atoms with van der Waals surface area (Å²) in [6.45, 7) is 9.07. The van der Waals surface area contributed by atoms with Crippen LogP contribution in [0.5, 0.6) is 5.75 Å². The zero-order valence-electron chi connectivity index (χ0n) is 12.9. The average Bonchev–Trinajstić information content (AvgIpc) is 2.45. The largest absolute Gasteiger partial charge is 0.497 e. The Balaban J connectivity index is 2.05. The van der Waals surface area contributed by atoms with E-state index in [0.29, 0.717) is 0 Å². The average molecular weight is 278 g/mol. The minimum atomic E-state index is -0.0911. The van der Waals surface area contributed by atoms with Crippen LogP contribution in [0.25, 0.3) is 0 Å². The van der Waals surface area contributed by atoms with E-state index in [4.69, 9.17) is 15.2 Å². The molecule has 0 radical (unpaired) electrons. The Hall–Kier alpha value is -1.10. The first-order chi connectivity index (χ1) is 9.43. The van der Waals surface area contributed by atoms with E-state index in [-0.39, 0.29) is 17.7 Å². The summed E-state index contributed by atoms with van der Waals surface area (Å²) in [6.07, 6.45) is 0. The van der Waals surface area contributed by atoms with Gasteiger partial charge in [0.1, 0.15) is 5.75 Å². The van der Waals surface area contributed by atoms with Crippen LogP contribution in [0.4, 0.5) is 0 Å². The van der Waals surface area contributed by atoms with Gasteiger partial charge in [0.25, 0.3) is 0 Å². The van der Waals surface area contributed by atoms with Crippen molar-refractivity contribution in [3.8, 4) is 5.75 Å². The molecule has 1 heterocycles. The Morgan fingerprint density at radius 3 is 2.50 bits per heavy atom. The lowest BCUT2D eigenvalue weighted by Crippen LogP contribution is -2.53. The molecule has 20 heavy (non-hydrogen) atoms. The lowest BCUT2D eigenvalue weighted by atomic mass is 9.97. The summed E-state index contributed by atoms with van der Waals surface area (Å²) in [5.41, 5.74) is 7.48. The maximum atomic E-state index is 6.43. The van der Waals surface area contributed by atoms with Gasteiger partial charge in [0.05, 0.1) is 19.3 Å². The normalized spacial score (nSPS) is 22.2. The second-order valence-electron chi connectivity index (χ2n) is 6.12. The number of methoxy groups -OCH3 is 1. The second kappa shape index (κ2) is 6.12. The van der Waals surface area contributed by atoms with Crippen molar-refractivity contribution in [2.24, 2.45) is 5.73 Å². The van der Waals surface area contributed by atoms with Gasteiger partial charge < -0.3 is 15.2 Å². The molecule has 1 aromatic rings. The highest BCUT2D eigenvalue weighted by Crippen LogP contribution is 2.25. The number of nitrogens with two attached hydrogens (primary N) is 1. The first-order valence-corrected chi connectivity index (χ1v) is 7.20. The zero-order chi connectivity index (χ0) is 14.8. The third-order valence-electron chi connectivity index (χ3n) is 4.05. The Kier molecular flexibility index (Phi) is 4.68. The number of ether oxygens (including phenoxy) is 2. The van der Waals surface area contributed by atoms with Crippen LogP contribution in [0, 0.1) is 0 Å². The van der Waals surface area contributed by atoms with Crippen molar-refractivity contribution in [3.05, 3.63) is 29.8 Å². The van der Waals surface area contributed by atoms with Crippen LogP contribution in [0.3, 0.4) is 0 Å². The molecular formula is C16H26N2O2. The Labute approximate surface area is 121 Å². The van der Waals surface area contributed by atoms with E-state index in [0.717, 1.165) is 31.0 Å². The van der Waals surface area contributed by atoms with E-state index in [9.17, 15) is 0 Å². The van der Waals surface area contributed by atoms with Gasteiger partial charge in [-0.05, 0) is 38.5 Å². The Morgan fingerprint density at radius 2 is 1.95 bits per heavy atom. The predicted octanol–water partition coefficient (Wildman–Crippen LogP) is 2.19. The molecule has 4 nitrogen and oxygen atoms in total. The SMILES string of the molecule is COc1ccc(C(N)C(C)N2CCOC(C)(C)C2)cc1. The molecule has 0 saturated carbocycles. The summed E-state index contributed by atoms with van der Waals surface area (Å²) in [7, 11) is 1.67. The van der Waals surface area contributed by atoms with Gasteiger partial charge in [0.15, 0.2) is 0 Å². The fraction of sp³-hybridized carbons (Fsp3) is 0.625. The van der Waals surface area contributed by atoms with Crippen molar-refractivity contribution in [1.29, 1.82) is 0 Å². The van der Waals surface area contributed by atoms with Crippen molar-refractivity contribution in [2.45, 2.75) is 38.5 Å². The molecule has 0 spiro atoms. The molecule has 2 atom stereocenters. The van der Waals surface area contributed by atoms with Crippen molar-refractivity contribution >= 4 is 0 Å². The van der Waals surface area contributed by atoms with Gasteiger partial charge in [-0.1, -0.05) is 12.1 Å². The van der Waals surface area contributed by atoms with Gasteiger partial charge in [-0.2, -0.15) is 0 Å². The van der Waals surface area contributed by atoms with Crippen LogP contribution in [-0.4, -0.2) is 43.3 Å². The van der Waals surface area contributed by atoms with E-state index in [1.54, 1.807) is 7.11 Å². The van der Waals surface area contributed by atoms with Gasteiger partial charge in [-0.3, -0.25) is 4.90 Å². The number of hydrogen-bond donors (Lipinski definition) is 1. The lowest BCUT2D eigenvalue weighted by molar-refractivity contribution is -0.0975.